The molecule has 186 valence electrons. The van der Waals surface area contributed by atoms with Gasteiger partial charge in [-0.15, -0.1) is 0 Å². The Morgan fingerprint density at radius 2 is 2.00 bits per heavy atom. The van der Waals surface area contributed by atoms with Crippen molar-refractivity contribution in [2.45, 2.75) is 50.3 Å². The van der Waals surface area contributed by atoms with Gasteiger partial charge in [-0.25, -0.2) is 4.98 Å². The molecule has 3 aromatic rings. The topological polar surface area (TPSA) is 105 Å². The van der Waals surface area contributed by atoms with Crippen molar-refractivity contribution in [3.8, 4) is 5.88 Å². The lowest BCUT2D eigenvalue weighted by atomic mass is 9.77. The number of hydrogen-bond acceptors (Lipinski definition) is 7. The van der Waals surface area contributed by atoms with E-state index >= 15 is 0 Å². The Kier molecular flexibility index (Phi) is 6.37. The van der Waals surface area contributed by atoms with Gasteiger partial charge in [0, 0.05) is 49.4 Å². The van der Waals surface area contributed by atoms with E-state index in [1.807, 2.05) is 23.9 Å². The van der Waals surface area contributed by atoms with Crippen LogP contribution in [-0.2, 0) is 17.4 Å². The first-order valence-corrected chi connectivity index (χ1v) is 12.3. The van der Waals surface area contributed by atoms with Crippen molar-refractivity contribution in [1.29, 1.82) is 0 Å². The summed E-state index contributed by atoms with van der Waals surface area (Å²) in [6.45, 7) is 3.95. The second-order valence-electron chi connectivity index (χ2n) is 9.92. The number of fused-ring (bicyclic) bond motifs is 1. The first-order valence-electron chi connectivity index (χ1n) is 12.3. The van der Waals surface area contributed by atoms with Crippen LogP contribution in [0.25, 0.3) is 10.9 Å². The van der Waals surface area contributed by atoms with E-state index in [1.54, 1.807) is 19.4 Å². The molecule has 2 fully saturated rings. The Morgan fingerprint density at radius 1 is 1.23 bits per heavy atom. The Morgan fingerprint density at radius 3 is 2.69 bits per heavy atom. The van der Waals surface area contributed by atoms with Gasteiger partial charge in [0.15, 0.2) is 5.82 Å². The number of anilines is 1. The molecule has 35 heavy (non-hydrogen) atoms. The minimum absolute atomic E-state index is 0.0221. The molecule has 0 radical (unpaired) electrons. The number of benzene rings is 1. The molecule has 2 aliphatic rings. The summed E-state index contributed by atoms with van der Waals surface area (Å²) >= 11 is 0. The van der Waals surface area contributed by atoms with Crippen LogP contribution >= 0.6 is 0 Å². The highest BCUT2D eigenvalue weighted by atomic mass is 16.5. The van der Waals surface area contributed by atoms with Crippen molar-refractivity contribution in [3.63, 3.8) is 0 Å². The number of aliphatic hydroxyl groups is 1. The SMILES string of the molecule is COc1ccc(C2(O)CCC(N3CC(NC(=O)CNc4nn(C)c5ccc(C)cc45)C3)CC2)cn1. The van der Waals surface area contributed by atoms with Gasteiger partial charge in [0.05, 0.1) is 30.8 Å². The summed E-state index contributed by atoms with van der Waals surface area (Å²) < 4.78 is 6.95. The number of amides is 1. The second-order valence-corrected chi connectivity index (χ2v) is 9.92. The van der Waals surface area contributed by atoms with Gasteiger partial charge in [-0.2, -0.15) is 5.10 Å². The zero-order valence-corrected chi connectivity index (χ0v) is 20.6. The fourth-order valence-corrected chi connectivity index (χ4v) is 5.37. The van der Waals surface area contributed by atoms with Crippen molar-refractivity contribution < 1.29 is 14.6 Å². The van der Waals surface area contributed by atoms with E-state index in [4.69, 9.17) is 4.74 Å². The number of pyridine rings is 1. The van der Waals surface area contributed by atoms with Crippen LogP contribution in [0.2, 0.25) is 0 Å². The van der Waals surface area contributed by atoms with Crippen molar-refractivity contribution in [1.82, 2.24) is 25.0 Å². The average Bonchev–Trinajstić information content (AvgIpc) is 3.15. The minimum Gasteiger partial charge on any atom is -0.481 e. The number of nitrogens with one attached hydrogen (secondary N) is 2. The van der Waals surface area contributed by atoms with E-state index in [0.717, 1.165) is 53.8 Å². The maximum absolute atomic E-state index is 12.5. The van der Waals surface area contributed by atoms with Gasteiger partial charge >= 0.3 is 0 Å². The van der Waals surface area contributed by atoms with Crippen LogP contribution in [0, 0.1) is 6.92 Å². The molecule has 0 spiro atoms. The van der Waals surface area contributed by atoms with Gasteiger partial charge in [0.2, 0.25) is 11.8 Å². The molecule has 3 N–H and O–H groups in total. The average molecular weight is 479 g/mol. The molecule has 1 amide bonds. The van der Waals surface area contributed by atoms with E-state index in [1.165, 1.54) is 0 Å². The molecule has 9 nitrogen and oxygen atoms in total. The van der Waals surface area contributed by atoms with Gasteiger partial charge < -0.3 is 20.5 Å². The smallest absolute Gasteiger partial charge is 0.239 e. The zero-order chi connectivity index (χ0) is 24.6. The molecular weight excluding hydrogens is 444 g/mol. The molecule has 1 saturated carbocycles. The number of aryl methyl sites for hydroxylation is 2. The van der Waals surface area contributed by atoms with Crippen LogP contribution in [0.4, 0.5) is 5.82 Å². The number of ether oxygens (including phenoxy) is 1. The summed E-state index contributed by atoms with van der Waals surface area (Å²) in [5.74, 6) is 1.27. The van der Waals surface area contributed by atoms with Gasteiger partial charge in [-0.05, 0) is 50.8 Å². The Bertz CT molecular complexity index is 1190. The lowest BCUT2D eigenvalue weighted by molar-refractivity contribution is -0.121. The first-order chi connectivity index (χ1) is 16.8. The van der Waals surface area contributed by atoms with Gasteiger partial charge in [0.25, 0.3) is 0 Å². The predicted molar refractivity (Wildman–Crippen MR) is 134 cm³/mol. The highest BCUT2D eigenvalue weighted by Crippen LogP contribution is 2.39. The third-order valence-corrected chi connectivity index (χ3v) is 7.48. The molecule has 1 saturated heterocycles. The molecule has 1 aliphatic heterocycles. The number of likely N-dealkylation sites (tertiary alicyclic amines) is 1. The Hall–Kier alpha value is -3.17. The highest BCUT2D eigenvalue weighted by molar-refractivity contribution is 5.92. The minimum atomic E-state index is -0.825. The summed E-state index contributed by atoms with van der Waals surface area (Å²) in [6, 6.07) is 10.5. The lowest BCUT2D eigenvalue weighted by Gasteiger charge is -2.48. The zero-order valence-electron chi connectivity index (χ0n) is 20.6. The quantitative estimate of drug-likeness (QED) is 0.479. The van der Waals surface area contributed by atoms with Gasteiger partial charge in [-0.1, -0.05) is 11.6 Å². The van der Waals surface area contributed by atoms with Crippen LogP contribution < -0.4 is 15.4 Å². The fourth-order valence-electron chi connectivity index (χ4n) is 5.37. The molecule has 0 bridgehead atoms. The molecule has 1 aromatic carbocycles. The monoisotopic (exact) mass is 478 g/mol. The van der Waals surface area contributed by atoms with Crippen LogP contribution in [-0.4, -0.2) is 69.5 Å². The van der Waals surface area contributed by atoms with Crippen molar-refractivity contribution >= 4 is 22.6 Å². The maximum Gasteiger partial charge on any atom is 0.239 e. The molecule has 2 aromatic heterocycles. The largest absolute Gasteiger partial charge is 0.481 e. The third-order valence-electron chi connectivity index (χ3n) is 7.48. The Balaban J connectivity index is 1.07. The van der Waals surface area contributed by atoms with E-state index in [2.05, 4.69) is 44.7 Å². The van der Waals surface area contributed by atoms with Crippen molar-refractivity contribution in [2.75, 3.05) is 32.1 Å². The van der Waals surface area contributed by atoms with E-state index in [9.17, 15) is 9.90 Å². The van der Waals surface area contributed by atoms with E-state index in [0.29, 0.717) is 24.8 Å². The molecule has 9 heteroatoms. The molecule has 0 atom stereocenters. The summed E-state index contributed by atoms with van der Waals surface area (Å²) in [6.07, 6.45) is 4.99. The van der Waals surface area contributed by atoms with Crippen LogP contribution in [0.5, 0.6) is 5.88 Å². The molecule has 1 aliphatic carbocycles. The number of carbonyl (C=O) groups is 1. The number of rotatable bonds is 7. The number of carbonyl (C=O) groups excluding carboxylic acids is 1. The van der Waals surface area contributed by atoms with Gasteiger partial charge in [0.1, 0.15) is 0 Å². The maximum atomic E-state index is 12.5. The predicted octanol–water partition coefficient (Wildman–Crippen LogP) is 2.33. The summed E-state index contributed by atoms with van der Waals surface area (Å²) in [5, 5.41) is 23.0. The lowest BCUT2D eigenvalue weighted by Crippen LogP contribution is -2.63. The third kappa shape index (κ3) is 4.83. The Labute approximate surface area is 205 Å². The standard InChI is InChI=1S/C26H34N6O3/c1-17-4-6-22-21(12-17)25(30-31(22)2)28-14-23(33)29-19-15-32(16-19)20-8-10-26(34,11-9-20)18-5-7-24(35-3)27-13-18/h4-7,12-13,19-20,34H,8-11,14-16H2,1-3H3,(H,28,30)(H,29,33). The number of aromatic nitrogens is 3. The van der Waals surface area contributed by atoms with E-state index in [-0.39, 0.29) is 18.5 Å². The fraction of sp³-hybridized carbons (Fsp3) is 0.500. The highest BCUT2D eigenvalue weighted by Gasteiger charge is 2.40. The molecule has 0 unspecified atom stereocenters. The van der Waals surface area contributed by atoms with E-state index < -0.39 is 5.60 Å². The normalized spacial score (nSPS) is 23.1. The van der Waals surface area contributed by atoms with Crippen LogP contribution in [0.15, 0.2) is 36.5 Å². The number of methoxy groups -OCH3 is 1. The first kappa shape index (κ1) is 23.6. The van der Waals surface area contributed by atoms with Crippen LogP contribution in [0.3, 0.4) is 0 Å². The van der Waals surface area contributed by atoms with Crippen molar-refractivity contribution in [3.05, 3.63) is 47.7 Å². The molecule has 3 heterocycles. The molecular formula is C26H34N6O3. The molecule has 5 rings (SSSR count). The number of hydrogen-bond donors (Lipinski definition) is 3. The summed E-state index contributed by atoms with van der Waals surface area (Å²) in [4.78, 5) is 19.2. The van der Waals surface area contributed by atoms with Gasteiger partial charge in [-0.3, -0.25) is 14.4 Å². The summed E-state index contributed by atoms with van der Waals surface area (Å²) in [5.41, 5.74) is 2.23. The number of nitrogens with zero attached hydrogens (tertiary/aromatic N) is 4. The summed E-state index contributed by atoms with van der Waals surface area (Å²) in [7, 11) is 3.50. The van der Waals surface area contributed by atoms with Crippen molar-refractivity contribution in [2.24, 2.45) is 7.05 Å². The van der Waals surface area contributed by atoms with Crippen LogP contribution in [0.1, 0.15) is 36.8 Å². The second kappa shape index (κ2) is 9.47.